The van der Waals surface area contributed by atoms with Crippen molar-refractivity contribution in [3.63, 3.8) is 0 Å². The van der Waals surface area contributed by atoms with E-state index in [-0.39, 0.29) is 0 Å². The van der Waals surface area contributed by atoms with Crippen LogP contribution in [-0.4, -0.2) is 17.6 Å². The first-order valence-corrected chi connectivity index (χ1v) is 7.68. The van der Waals surface area contributed by atoms with Gasteiger partial charge in [-0.25, -0.2) is 0 Å². The zero-order valence-electron chi connectivity index (χ0n) is 12.2. The van der Waals surface area contributed by atoms with Gasteiger partial charge in [0.05, 0.1) is 0 Å². The second-order valence-corrected chi connectivity index (χ2v) is 6.05. The lowest BCUT2D eigenvalue weighted by Crippen LogP contribution is -2.30. The van der Waals surface area contributed by atoms with Crippen LogP contribution in [-0.2, 0) is 4.79 Å². The molecule has 0 spiro atoms. The number of hydrogen-bond acceptors (Lipinski definition) is 2. The van der Waals surface area contributed by atoms with E-state index < -0.39 is 12.0 Å². The van der Waals surface area contributed by atoms with E-state index in [1.165, 1.54) is 25.7 Å². The van der Waals surface area contributed by atoms with Crippen molar-refractivity contribution in [2.75, 3.05) is 6.54 Å². The second kappa shape index (κ2) is 7.44. The van der Waals surface area contributed by atoms with Gasteiger partial charge >= 0.3 is 5.97 Å². The molecule has 0 bridgehead atoms. The minimum Gasteiger partial charge on any atom is -0.480 e. The van der Waals surface area contributed by atoms with E-state index >= 15 is 0 Å². The molecule has 3 nitrogen and oxygen atoms in total. The molecule has 1 fully saturated rings. The van der Waals surface area contributed by atoms with Gasteiger partial charge in [-0.05, 0) is 30.4 Å². The molecule has 2 N–H and O–H groups in total. The van der Waals surface area contributed by atoms with Gasteiger partial charge in [-0.2, -0.15) is 0 Å². The van der Waals surface area contributed by atoms with Crippen molar-refractivity contribution in [1.29, 1.82) is 0 Å². The van der Waals surface area contributed by atoms with E-state index in [4.69, 9.17) is 0 Å². The maximum absolute atomic E-state index is 11.4. The van der Waals surface area contributed by atoms with Gasteiger partial charge in [-0.15, -0.1) is 0 Å². The SMILES string of the molecule is CC1CCC(CCNC(C(=O)O)c2ccccc2)CC1. The third-order valence-electron chi connectivity index (χ3n) is 4.42. The zero-order valence-corrected chi connectivity index (χ0v) is 12.2. The van der Waals surface area contributed by atoms with Gasteiger partial charge in [-0.1, -0.05) is 62.9 Å². The Morgan fingerprint density at radius 2 is 1.90 bits per heavy atom. The molecule has 1 saturated carbocycles. The standard InChI is InChI=1S/C17H25NO2/c1-13-7-9-14(10-8-13)11-12-18-16(17(19)20)15-5-3-2-4-6-15/h2-6,13-14,16,18H,7-12H2,1H3,(H,19,20). The molecule has 1 aromatic carbocycles. The molecule has 3 heteroatoms. The molecular weight excluding hydrogens is 250 g/mol. The normalized spacial score (nSPS) is 24.2. The van der Waals surface area contributed by atoms with Gasteiger partial charge in [0, 0.05) is 0 Å². The smallest absolute Gasteiger partial charge is 0.325 e. The third kappa shape index (κ3) is 4.34. The molecule has 1 unspecified atom stereocenters. The van der Waals surface area contributed by atoms with Crippen molar-refractivity contribution in [3.8, 4) is 0 Å². The summed E-state index contributed by atoms with van der Waals surface area (Å²) in [5.41, 5.74) is 0.831. The minimum absolute atomic E-state index is 0.585. The number of carboxylic acids is 1. The van der Waals surface area contributed by atoms with Crippen LogP contribution in [0.4, 0.5) is 0 Å². The molecule has 0 saturated heterocycles. The number of nitrogens with one attached hydrogen (secondary N) is 1. The van der Waals surface area contributed by atoms with Crippen molar-refractivity contribution in [1.82, 2.24) is 5.32 Å². The number of carboxylic acid groups (broad SMARTS) is 1. The largest absolute Gasteiger partial charge is 0.480 e. The highest BCUT2D eigenvalue weighted by Crippen LogP contribution is 2.30. The molecule has 110 valence electrons. The van der Waals surface area contributed by atoms with Gasteiger partial charge in [0.2, 0.25) is 0 Å². The Morgan fingerprint density at radius 1 is 1.25 bits per heavy atom. The van der Waals surface area contributed by atoms with Crippen molar-refractivity contribution < 1.29 is 9.90 Å². The minimum atomic E-state index is -0.798. The fourth-order valence-electron chi connectivity index (χ4n) is 3.04. The Kier molecular flexibility index (Phi) is 5.60. The van der Waals surface area contributed by atoms with Gasteiger partial charge in [-0.3, -0.25) is 4.79 Å². The van der Waals surface area contributed by atoms with Crippen LogP contribution in [0.15, 0.2) is 30.3 Å². The summed E-state index contributed by atoms with van der Waals surface area (Å²) in [5, 5.41) is 12.5. The van der Waals surface area contributed by atoms with Crippen molar-refractivity contribution >= 4 is 5.97 Å². The summed E-state index contributed by atoms with van der Waals surface area (Å²) in [7, 11) is 0. The lowest BCUT2D eigenvalue weighted by atomic mass is 9.81. The summed E-state index contributed by atoms with van der Waals surface area (Å²) in [6, 6.07) is 8.83. The Hall–Kier alpha value is -1.35. The molecule has 0 aromatic heterocycles. The molecule has 0 radical (unpaired) electrons. The maximum Gasteiger partial charge on any atom is 0.325 e. The first-order valence-electron chi connectivity index (χ1n) is 7.68. The van der Waals surface area contributed by atoms with E-state index in [1.54, 1.807) is 0 Å². The fraction of sp³-hybridized carbons (Fsp3) is 0.588. The van der Waals surface area contributed by atoms with E-state index in [1.807, 2.05) is 30.3 Å². The lowest BCUT2D eigenvalue weighted by molar-refractivity contribution is -0.139. The van der Waals surface area contributed by atoms with Crippen LogP contribution in [0.1, 0.15) is 50.6 Å². The second-order valence-electron chi connectivity index (χ2n) is 6.05. The van der Waals surface area contributed by atoms with Crippen LogP contribution < -0.4 is 5.32 Å². The first-order chi connectivity index (χ1) is 9.66. The monoisotopic (exact) mass is 275 g/mol. The molecule has 0 aliphatic heterocycles. The van der Waals surface area contributed by atoms with E-state index in [0.717, 1.165) is 30.4 Å². The third-order valence-corrected chi connectivity index (χ3v) is 4.42. The van der Waals surface area contributed by atoms with Crippen LogP contribution in [0.5, 0.6) is 0 Å². The lowest BCUT2D eigenvalue weighted by Gasteiger charge is -2.26. The number of rotatable bonds is 6. The maximum atomic E-state index is 11.4. The van der Waals surface area contributed by atoms with Crippen molar-refractivity contribution in [3.05, 3.63) is 35.9 Å². The molecular formula is C17H25NO2. The average Bonchev–Trinajstić information content (AvgIpc) is 2.46. The van der Waals surface area contributed by atoms with Gasteiger partial charge in [0.15, 0.2) is 0 Å². The molecule has 0 amide bonds. The first kappa shape index (κ1) is 15.0. The molecule has 1 atom stereocenters. The molecule has 2 rings (SSSR count). The summed E-state index contributed by atoms with van der Waals surface area (Å²) in [4.78, 5) is 11.4. The Labute approximate surface area is 121 Å². The Balaban J connectivity index is 1.80. The summed E-state index contributed by atoms with van der Waals surface area (Å²) in [6.07, 6.45) is 6.33. The van der Waals surface area contributed by atoms with Crippen molar-refractivity contribution in [2.24, 2.45) is 11.8 Å². The molecule has 0 heterocycles. The fourth-order valence-corrected chi connectivity index (χ4v) is 3.04. The van der Waals surface area contributed by atoms with E-state index in [9.17, 15) is 9.90 Å². The van der Waals surface area contributed by atoms with Gasteiger partial charge in [0.1, 0.15) is 6.04 Å². The summed E-state index contributed by atoms with van der Waals surface area (Å²) < 4.78 is 0. The highest BCUT2D eigenvalue weighted by Gasteiger charge is 2.21. The quantitative estimate of drug-likeness (QED) is 0.833. The summed E-state index contributed by atoms with van der Waals surface area (Å²) in [6.45, 7) is 3.11. The predicted molar refractivity (Wildman–Crippen MR) is 80.6 cm³/mol. The highest BCUT2D eigenvalue weighted by molar-refractivity contribution is 5.75. The van der Waals surface area contributed by atoms with Crippen LogP contribution in [0.2, 0.25) is 0 Å². The van der Waals surface area contributed by atoms with Crippen LogP contribution in [0, 0.1) is 11.8 Å². The number of aliphatic carboxylic acids is 1. The Morgan fingerprint density at radius 3 is 2.50 bits per heavy atom. The molecule has 1 aromatic rings. The summed E-state index contributed by atoms with van der Waals surface area (Å²) in [5.74, 6) is 0.840. The molecule has 20 heavy (non-hydrogen) atoms. The zero-order chi connectivity index (χ0) is 14.4. The van der Waals surface area contributed by atoms with Gasteiger partial charge < -0.3 is 10.4 Å². The summed E-state index contributed by atoms with van der Waals surface area (Å²) >= 11 is 0. The van der Waals surface area contributed by atoms with E-state index in [0.29, 0.717) is 0 Å². The van der Waals surface area contributed by atoms with Crippen LogP contribution in [0.25, 0.3) is 0 Å². The highest BCUT2D eigenvalue weighted by atomic mass is 16.4. The molecule has 1 aliphatic carbocycles. The van der Waals surface area contributed by atoms with E-state index in [2.05, 4.69) is 12.2 Å². The molecule has 1 aliphatic rings. The van der Waals surface area contributed by atoms with Crippen LogP contribution >= 0.6 is 0 Å². The predicted octanol–water partition coefficient (Wildman–Crippen LogP) is 3.62. The van der Waals surface area contributed by atoms with Crippen LogP contribution in [0.3, 0.4) is 0 Å². The number of benzene rings is 1. The average molecular weight is 275 g/mol. The van der Waals surface area contributed by atoms with Crippen molar-refractivity contribution in [2.45, 2.75) is 45.1 Å². The number of hydrogen-bond donors (Lipinski definition) is 2. The number of carbonyl (C=O) groups is 1. The van der Waals surface area contributed by atoms with Gasteiger partial charge in [0.25, 0.3) is 0 Å². The Bertz CT molecular complexity index is 410. The topological polar surface area (TPSA) is 49.3 Å².